The van der Waals surface area contributed by atoms with Crippen molar-refractivity contribution in [3.8, 4) is 0 Å². The monoisotopic (exact) mass is 191 g/mol. The van der Waals surface area contributed by atoms with Crippen molar-refractivity contribution in [1.82, 2.24) is 4.98 Å². The molecule has 0 spiro atoms. The van der Waals surface area contributed by atoms with Gasteiger partial charge in [0, 0.05) is 19.3 Å². The highest BCUT2D eigenvalue weighted by Crippen LogP contribution is 2.20. The highest BCUT2D eigenvalue weighted by Gasteiger charge is 2.26. The third kappa shape index (κ3) is 1.69. The van der Waals surface area contributed by atoms with Crippen molar-refractivity contribution >= 4 is 11.7 Å². The van der Waals surface area contributed by atoms with E-state index in [9.17, 15) is 4.79 Å². The van der Waals surface area contributed by atoms with E-state index in [0.717, 1.165) is 18.8 Å². The Labute approximate surface area is 82.7 Å². The van der Waals surface area contributed by atoms with Crippen LogP contribution in [-0.4, -0.2) is 24.0 Å². The number of anilines is 1. The van der Waals surface area contributed by atoms with Crippen LogP contribution in [0.1, 0.15) is 6.42 Å². The normalized spacial score (nSPS) is 21.1. The number of aromatic nitrogens is 1. The number of hydrogen-bond acceptors (Lipinski definition) is 3. The van der Waals surface area contributed by atoms with Crippen molar-refractivity contribution < 1.29 is 4.79 Å². The maximum Gasteiger partial charge on any atom is 0.222 e. The average molecular weight is 191 g/mol. The van der Waals surface area contributed by atoms with E-state index in [-0.39, 0.29) is 11.8 Å². The predicted octanol–water partition coefficient (Wildman–Crippen LogP) is 0.393. The van der Waals surface area contributed by atoms with Crippen LogP contribution in [0, 0.1) is 5.92 Å². The van der Waals surface area contributed by atoms with Gasteiger partial charge in [0.05, 0.1) is 5.92 Å². The molecule has 1 fully saturated rings. The molecule has 1 amide bonds. The van der Waals surface area contributed by atoms with Gasteiger partial charge < -0.3 is 10.6 Å². The van der Waals surface area contributed by atoms with Crippen LogP contribution in [0.25, 0.3) is 0 Å². The lowest BCUT2D eigenvalue weighted by Gasteiger charge is -2.16. The third-order valence-electron chi connectivity index (χ3n) is 2.56. The molecule has 1 unspecified atom stereocenters. The van der Waals surface area contributed by atoms with Gasteiger partial charge in [-0.15, -0.1) is 0 Å². The van der Waals surface area contributed by atoms with Crippen molar-refractivity contribution in [2.45, 2.75) is 6.42 Å². The summed E-state index contributed by atoms with van der Waals surface area (Å²) in [4.78, 5) is 17.3. The molecule has 1 aromatic heterocycles. The maximum atomic E-state index is 11.0. The number of nitrogens with zero attached hydrogens (tertiary/aromatic N) is 2. The minimum atomic E-state index is -0.205. The molecule has 0 aromatic carbocycles. The summed E-state index contributed by atoms with van der Waals surface area (Å²) in [6.45, 7) is 1.57. The molecule has 2 heterocycles. The van der Waals surface area contributed by atoms with Crippen molar-refractivity contribution in [3.05, 3.63) is 24.4 Å². The molecule has 74 valence electrons. The molecule has 4 heteroatoms. The van der Waals surface area contributed by atoms with E-state index in [1.165, 1.54) is 0 Å². The topological polar surface area (TPSA) is 59.2 Å². The van der Waals surface area contributed by atoms with E-state index < -0.39 is 0 Å². The number of nitrogens with two attached hydrogens (primary N) is 1. The lowest BCUT2D eigenvalue weighted by molar-refractivity contribution is -0.121. The van der Waals surface area contributed by atoms with Crippen LogP contribution in [0.3, 0.4) is 0 Å². The Morgan fingerprint density at radius 3 is 3.00 bits per heavy atom. The Bertz CT molecular complexity index is 325. The fourth-order valence-corrected chi connectivity index (χ4v) is 1.74. The Kier molecular flexibility index (Phi) is 2.35. The quantitative estimate of drug-likeness (QED) is 0.735. The van der Waals surface area contributed by atoms with Gasteiger partial charge in [0.2, 0.25) is 5.91 Å². The number of carbonyl (C=O) groups excluding carboxylic acids is 1. The summed E-state index contributed by atoms with van der Waals surface area (Å²) in [5, 5.41) is 0. The van der Waals surface area contributed by atoms with Crippen LogP contribution < -0.4 is 10.6 Å². The number of pyridine rings is 1. The fourth-order valence-electron chi connectivity index (χ4n) is 1.74. The molecular formula is C10H13N3O. The summed E-state index contributed by atoms with van der Waals surface area (Å²) in [5.74, 6) is 0.705. The van der Waals surface area contributed by atoms with Gasteiger partial charge in [-0.3, -0.25) is 4.79 Å². The van der Waals surface area contributed by atoms with Gasteiger partial charge in [-0.25, -0.2) is 4.98 Å². The highest BCUT2D eigenvalue weighted by molar-refractivity contribution is 5.78. The molecule has 0 aliphatic carbocycles. The zero-order valence-electron chi connectivity index (χ0n) is 7.89. The fraction of sp³-hybridized carbons (Fsp3) is 0.400. The van der Waals surface area contributed by atoms with Gasteiger partial charge in [0.25, 0.3) is 0 Å². The largest absolute Gasteiger partial charge is 0.369 e. The van der Waals surface area contributed by atoms with Gasteiger partial charge in [0.1, 0.15) is 5.82 Å². The lowest BCUT2D eigenvalue weighted by atomic mass is 10.1. The van der Waals surface area contributed by atoms with E-state index in [0.29, 0.717) is 6.54 Å². The van der Waals surface area contributed by atoms with Crippen molar-refractivity contribution in [2.75, 3.05) is 18.0 Å². The van der Waals surface area contributed by atoms with E-state index in [1.807, 2.05) is 18.2 Å². The first-order valence-corrected chi connectivity index (χ1v) is 4.72. The number of hydrogen-bond donors (Lipinski definition) is 1. The van der Waals surface area contributed by atoms with E-state index in [1.54, 1.807) is 6.20 Å². The van der Waals surface area contributed by atoms with Crippen molar-refractivity contribution in [1.29, 1.82) is 0 Å². The van der Waals surface area contributed by atoms with Gasteiger partial charge in [-0.05, 0) is 18.6 Å². The Balaban J connectivity index is 2.06. The molecular weight excluding hydrogens is 178 g/mol. The van der Waals surface area contributed by atoms with E-state index >= 15 is 0 Å². The van der Waals surface area contributed by atoms with Crippen LogP contribution in [0.4, 0.5) is 5.82 Å². The first kappa shape index (κ1) is 8.99. The standard InChI is InChI=1S/C10H13N3O/c11-10(14)8-4-6-13(7-8)9-3-1-2-5-12-9/h1-3,5,8H,4,6-7H2,(H2,11,14). The first-order valence-electron chi connectivity index (χ1n) is 4.72. The molecule has 1 aliphatic rings. The van der Waals surface area contributed by atoms with Gasteiger partial charge in [0.15, 0.2) is 0 Å². The maximum absolute atomic E-state index is 11.0. The predicted molar refractivity (Wildman–Crippen MR) is 53.8 cm³/mol. The molecule has 1 saturated heterocycles. The highest BCUT2D eigenvalue weighted by atomic mass is 16.1. The lowest BCUT2D eigenvalue weighted by Crippen LogP contribution is -2.27. The smallest absolute Gasteiger partial charge is 0.222 e. The van der Waals surface area contributed by atoms with Gasteiger partial charge in [-0.2, -0.15) is 0 Å². The SMILES string of the molecule is NC(=O)C1CCN(c2ccccn2)C1. The van der Waals surface area contributed by atoms with Crippen LogP contribution in [0.15, 0.2) is 24.4 Å². The summed E-state index contributed by atoms with van der Waals surface area (Å²) in [5.41, 5.74) is 5.25. The summed E-state index contributed by atoms with van der Waals surface area (Å²) >= 11 is 0. The molecule has 2 N–H and O–H groups in total. The molecule has 1 aliphatic heterocycles. The van der Waals surface area contributed by atoms with E-state index in [4.69, 9.17) is 5.73 Å². The number of rotatable bonds is 2. The van der Waals surface area contributed by atoms with E-state index in [2.05, 4.69) is 9.88 Å². The van der Waals surface area contributed by atoms with Crippen molar-refractivity contribution in [2.24, 2.45) is 11.7 Å². The Morgan fingerprint density at radius 2 is 2.43 bits per heavy atom. The summed E-state index contributed by atoms with van der Waals surface area (Å²) < 4.78 is 0. The number of amides is 1. The second-order valence-electron chi connectivity index (χ2n) is 3.52. The van der Waals surface area contributed by atoms with Crippen LogP contribution in [0.5, 0.6) is 0 Å². The molecule has 1 atom stereocenters. The molecule has 2 rings (SSSR count). The Morgan fingerprint density at radius 1 is 1.57 bits per heavy atom. The summed E-state index contributed by atoms with van der Waals surface area (Å²) in [6, 6.07) is 5.77. The molecule has 0 radical (unpaired) electrons. The second-order valence-corrected chi connectivity index (χ2v) is 3.52. The number of carbonyl (C=O) groups is 1. The van der Waals surface area contributed by atoms with Crippen LogP contribution in [0.2, 0.25) is 0 Å². The molecule has 0 bridgehead atoms. The average Bonchev–Trinajstić information content (AvgIpc) is 2.68. The Hall–Kier alpha value is -1.58. The zero-order chi connectivity index (χ0) is 9.97. The molecule has 0 saturated carbocycles. The third-order valence-corrected chi connectivity index (χ3v) is 2.56. The minimum absolute atomic E-state index is 0.0167. The van der Waals surface area contributed by atoms with Crippen LogP contribution in [-0.2, 0) is 4.79 Å². The van der Waals surface area contributed by atoms with Crippen LogP contribution >= 0.6 is 0 Å². The zero-order valence-corrected chi connectivity index (χ0v) is 7.89. The minimum Gasteiger partial charge on any atom is -0.369 e. The van der Waals surface area contributed by atoms with Gasteiger partial charge in [-0.1, -0.05) is 6.07 Å². The van der Waals surface area contributed by atoms with Crippen molar-refractivity contribution in [3.63, 3.8) is 0 Å². The molecule has 1 aromatic rings. The summed E-state index contributed by atoms with van der Waals surface area (Å²) in [7, 11) is 0. The number of primary amides is 1. The molecule has 4 nitrogen and oxygen atoms in total. The van der Waals surface area contributed by atoms with Gasteiger partial charge >= 0.3 is 0 Å². The second kappa shape index (κ2) is 3.65. The first-order chi connectivity index (χ1) is 6.77. The summed E-state index contributed by atoms with van der Waals surface area (Å²) in [6.07, 6.45) is 2.60. The molecule has 14 heavy (non-hydrogen) atoms.